The van der Waals surface area contributed by atoms with Gasteiger partial charge in [0.05, 0.1) is 0 Å². The van der Waals surface area contributed by atoms with Gasteiger partial charge in [-0.15, -0.1) is 0 Å². The van der Waals surface area contributed by atoms with Crippen molar-refractivity contribution < 1.29 is 9.53 Å². The van der Waals surface area contributed by atoms with Gasteiger partial charge in [0.15, 0.2) is 0 Å². The summed E-state index contributed by atoms with van der Waals surface area (Å²) in [7, 11) is 0. The van der Waals surface area contributed by atoms with Crippen LogP contribution in [0.5, 0.6) is 0 Å². The SMILES string of the molecule is CCC(C1CCC1)N1CC(C)CC(NC(=O)OC(C)(C)C)C1. The van der Waals surface area contributed by atoms with Crippen LogP contribution in [0.15, 0.2) is 0 Å². The van der Waals surface area contributed by atoms with Crippen molar-refractivity contribution in [2.45, 2.75) is 84.4 Å². The van der Waals surface area contributed by atoms with Crippen molar-refractivity contribution in [2.75, 3.05) is 13.1 Å². The second-order valence-corrected chi connectivity index (χ2v) is 8.30. The van der Waals surface area contributed by atoms with E-state index in [1.807, 2.05) is 20.8 Å². The first-order valence-electron chi connectivity index (χ1n) is 9.02. The Morgan fingerprint density at radius 3 is 2.50 bits per heavy atom. The highest BCUT2D eigenvalue weighted by molar-refractivity contribution is 5.68. The van der Waals surface area contributed by atoms with Gasteiger partial charge in [-0.25, -0.2) is 4.79 Å². The molecule has 2 aliphatic rings. The average molecular weight is 310 g/mol. The zero-order chi connectivity index (χ0) is 16.3. The van der Waals surface area contributed by atoms with Gasteiger partial charge in [-0.2, -0.15) is 0 Å². The van der Waals surface area contributed by atoms with Gasteiger partial charge in [-0.1, -0.05) is 20.3 Å². The molecule has 0 spiro atoms. The zero-order valence-electron chi connectivity index (χ0n) is 15.0. The summed E-state index contributed by atoms with van der Waals surface area (Å²) < 4.78 is 5.41. The fourth-order valence-electron chi connectivity index (χ4n) is 3.96. The summed E-state index contributed by atoms with van der Waals surface area (Å²) in [6, 6.07) is 0.909. The lowest BCUT2D eigenvalue weighted by atomic mass is 9.77. The molecule has 0 radical (unpaired) electrons. The van der Waals surface area contributed by atoms with Crippen LogP contribution in [0.25, 0.3) is 0 Å². The molecule has 0 bridgehead atoms. The van der Waals surface area contributed by atoms with Crippen LogP contribution in [0.3, 0.4) is 0 Å². The monoisotopic (exact) mass is 310 g/mol. The second-order valence-electron chi connectivity index (χ2n) is 8.30. The standard InChI is InChI=1S/C18H34N2O2/c1-6-16(14-8-7-9-14)20-11-13(2)10-15(12-20)19-17(21)22-18(3,4)5/h13-16H,6-12H2,1-5H3,(H,19,21). The lowest BCUT2D eigenvalue weighted by Gasteiger charge is -2.46. The van der Waals surface area contributed by atoms with Gasteiger partial charge in [0.25, 0.3) is 0 Å². The van der Waals surface area contributed by atoms with Gasteiger partial charge in [0.2, 0.25) is 0 Å². The van der Waals surface area contributed by atoms with E-state index in [0.717, 1.165) is 18.9 Å². The number of piperidine rings is 1. The van der Waals surface area contributed by atoms with Gasteiger partial charge < -0.3 is 10.1 Å². The number of carbonyl (C=O) groups is 1. The maximum atomic E-state index is 12.0. The Morgan fingerprint density at radius 2 is 2.00 bits per heavy atom. The smallest absolute Gasteiger partial charge is 0.407 e. The molecule has 3 unspecified atom stereocenters. The van der Waals surface area contributed by atoms with Crippen molar-refractivity contribution in [1.82, 2.24) is 10.2 Å². The van der Waals surface area contributed by atoms with Crippen LogP contribution in [0.2, 0.25) is 0 Å². The predicted molar refractivity (Wildman–Crippen MR) is 89.9 cm³/mol. The number of hydrogen-bond acceptors (Lipinski definition) is 3. The molecule has 0 aromatic carbocycles. The topological polar surface area (TPSA) is 41.6 Å². The van der Waals surface area contributed by atoms with Crippen LogP contribution in [0.1, 0.15) is 66.7 Å². The van der Waals surface area contributed by atoms with Crippen LogP contribution in [0, 0.1) is 11.8 Å². The van der Waals surface area contributed by atoms with Gasteiger partial charge in [-0.3, -0.25) is 4.90 Å². The van der Waals surface area contributed by atoms with E-state index in [-0.39, 0.29) is 12.1 Å². The fourth-order valence-corrected chi connectivity index (χ4v) is 3.96. The number of nitrogens with zero attached hydrogens (tertiary/aromatic N) is 1. The Balaban J connectivity index is 1.91. The Morgan fingerprint density at radius 1 is 1.32 bits per heavy atom. The molecule has 1 aliphatic heterocycles. The van der Waals surface area contributed by atoms with Crippen LogP contribution >= 0.6 is 0 Å². The normalized spacial score (nSPS) is 28.8. The molecule has 1 saturated heterocycles. The molecule has 1 saturated carbocycles. The first-order chi connectivity index (χ1) is 10.3. The summed E-state index contributed by atoms with van der Waals surface area (Å²) >= 11 is 0. The predicted octanol–water partition coefficient (Wildman–Crippen LogP) is 3.80. The number of likely N-dealkylation sites (tertiary alicyclic amines) is 1. The highest BCUT2D eigenvalue weighted by Gasteiger charge is 2.35. The number of carbonyl (C=O) groups excluding carboxylic acids is 1. The molecular weight excluding hydrogens is 276 g/mol. The van der Waals surface area contributed by atoms with Gasteiger partial charge >= 0.3 is 6.09 Å². The number of amides is 1. The van der Waals surface area contributed by atoms with Crippen LogP contribution < -0.4 is 5.32 Å². The molecule has 4 nitrogen and oxygen atoms in total. The highest BCUT2D eigenvalue weighted by Crippen LogP contribution is 2.35. The first-order valence-corrected chi connectivity index (χ1v) is 9.02. The van der Waals surface area contributed by atoms with Crippen molar-refractivity contribution in [1.29, 1.82) is 0 Å². The van der Waals surface area contributed by atoms with Crippen molar-refractivity contribution in [3.63, 3.8) is 0 Å². The quantitative estimate of drug-likeness (QED) is 0.858. The third-order valence-electron chi connectivity index (χ3n) is 4.99. The van der Waals surface area contributed by atoms with Crippen LogP contribution in [-0.4, -0.2) is 41.8 Å². The van der Waals surface area contributed by atoms with E-state index in [1.54, 1.807) is 0 Å². The fraction of sp³-hybridized carbons (Fsp3) is 0.944. The number of nitrogens with one attached hydrogen (secondary N) is 1. The second kappa shape index (κ2) is 7.20. The van der Waals surface area contributed by atoms with E-state index in [0.29, 0.717) is 12.0 Å². The Bertz CT molecular complexity index is 374. The Labute approximate surface area is 136 Å². The highest BCUT2D eigenvalue weighted by atomic mass is 16.6. The van der Waals surface area contributed by atoms with Crippen LogP contribution in [-0.2, 0) is 4.74 Å². The van der Waals surface area contributed by atoms with Crippen LogP contribution in [0.4, 0.5) is 4.79 Å². The van der Waals surface area contributed by atoms with Crippen molar-refractivity contribution in [3.05, 3.63) is 0 Å². The average Bonchev–Trinajstić information content (AvgIpc) is 2.29. The minimum absolute atomic E-state index is 0.215. The van der Waals surface area contributed by atoms with E-state index in [9.17, 15) is 4.79 Å². The summed E-state index contributed by atoms with van der Waals surface area (Å²) in [5, 5.41) is 3.09. The number of alkyl carbamates (subject to hydrolysis) is 1. The largest absolute Gasteiger partial charge is 0.444 e. The third kappa shape index (κ3) is 4.87. The maximum Gasteiger partial charge on any atom is 0.407 e. The lowest BCUT2D eigenvalue weighted by Crippen LogP contribution is -2.55. The van der Waals surface area contributed by atoms with Crippen molar-refractivity contribution in [2.24, 2.45) is 11.8 Å². The molecule has 0 aromatic rings. The molecule has 1 amide bonds. The summed E-state index contributed by atoms with van der Waals surface area (Å²) in [6.07, 6.45) is 6.15. The van der Waals surface area contributed by atoms with Crippen molar-refractivity contribution >= 4 is 6.09 Å². The molecule has 1 N–H and O–H groups in total. The van der Waals surface area contributed by atoms with Gasteiger partial charge in [0.1, 0.15) is 5.60 Å². The molecular formula is C18H34N2O2. The summed E-state index contributed by atoms with van der Waals surface area (Å²) in [6.45, 7) is 12.5. The number of hydrogen-bond donors (Lipinski definition) is 1. The van der Waals surface area contributed by atoms with E-state index < -0.39 is 5.60 Å². The first kappa shape index (κ1) is 17.6. The van der Waals surface area contributed by atoms with E-state index >= 15 is 0 Å². The summed E-state index contributed by atoms with van der Waals surface area (Å²) in [5.74, 6) is 1.50. The van der Waals surface area contributed by atoms with E-state index in [2.05, 4.69) is 24.1 Å². The Kier molecular flexibility index (Phi) is 5.76. The lowest BCUT2D eigenvalue weighted by molar-refractivity contribution is 0.0287. The minimum Gasteiger partial charge on any atom is -0.444 e. The third-order valence-corrected chi connectivity index (χ3v) is 4.99. The molecule has 2 rings (SSSR count). The Hall–Kier alpha value is -0.770. The molecule has 1 aliphatic carbocycles. The molecule has 22 heavy (non-hydrogen) atoms. The molecule has 3 atom stereocenters. The van der Waals surface area contributed by atoms with Crippen molar-refractivity contribution in [3.8, 4) is 0 Å². The summed E-state index contributed by atoms with van der Waals surface area (Å²) in [4.78, 5) is 14.7. The van der Waals surface area contributed by atoms with E-state index in [1.165, 1.54) is 32.2 Å². The molecule has 128 valence electrons. The number of ether oxygens (including phenoxy) is 1. The maximum absolute atomic E-state index is 12.0. The van der Waals surface area contributed by atoms with Gasteiger partial charge in [0, 0.05) is 25.2 Å². The minimum atomic E-state index is -0.429. The van der Waals surface area contributed by atoms with Gasteiger partial charge in [-0.05, 0) is 58.3 Å². The molecule has 0 aromatic heterocycles. The summed E-state index contributed by atoms with van der Waals surface area (Å²) in [5.41, 5.74) is -0.429. The molecule has 4 heteroatoms. The molecule has 2 fully saturated rings. The molecule has 1 heterocycles. The van der Waals surface area contributed by atoms with E-state index in [4.69, 9.17) is 4.74 Å². The zero-order valence-corrected chi connectivity index (χ0v) is 15.0. The number of rotatable bonds is 4.